The topological polar surface area (TPSA) is 91.5 Å². The first-order valence-electron chi connectivity index (χ1n) is 7.61. The van der Waals surface area contributed by atoms with E-state index in [4.69, 9.17) is 4.74 Å². The Morgan fingerprint density at radius 2 is 1.67 bits per heavy atom. The third-order valence-electron chi connectivity index (χ3n) is 2.60. The molecule has 0 radical (unpaired) electrons. The summed E-state index contributed by atoms with van der Waals surface area (Å²) in [5.41, 5.74) is 0. The van der Waals surface area contributed by atoms with Crippen LogP contribution in [0.3, 0.4) is 0 Å². The minimum absolute atomic E-state index is 0. The van der Waals surface area contributed by atoms with Crippen molar-refractivity contribution in [3.8, 4) is 0 Å². The lowest BCUT2D eigenvalue weighted by molar-refractivity contribution is -0.121. The molecule has 0 aliphatic rings. The van der Waals surface area contributed by atoms with E-state index in [0.717, 1.165) is 6.54 Å². The van der Waals surface area contributed by atoms with Crippen LogP contribution in [0.1, 0.15) is 32.9 Å². The molecule has 0 aromatic heterocycles. The molecule has 7 nitrogen and oxygen atoms in total. The largest absolute Gasteiger partial charge is 0.378 e. The molecule has 2 amide bonds. The lowest BCUT2D eigenvalue weighted by Gasteiger charge is -2.10. The molecule has 7 heteroatoms. The number of hydrogen-bond donors (Lipinski definition) is 4. The van der Waals surface area contributed by atoms with E-state index >= 15 is 0 Å². The van der Waals surface area contributed by atoms with Gasteiger partial charge in [0.2, 0.25) is 11.8 Å². The summed E-state index contributed by atoms with van der Waals surface area (Å²) in [7, 11) is 0. The van der Waals surface area contributed by atoms with Gasteiger partial charge in [-0.15, -0.1) is 0 Å². The first-order valence-corrected chi connectivity index (χ1v) is 7.61. The normalized spacial score (nSPS) is 10.7. The lowest BCUT2D eigenvalue weighted by atomic mass is 10.4. The number of rotatable bonds is 13. The van der Waals surface area contributed by atoms with Gasteiger partial charge in [-0.3, -0.25) is 9.59 Å². The van der Waals surface area contributed by atoms with Gasteiger partial charge in [0.25, 0.3) is 0 Å². The summed E-state index contributed by atoms with van der Waals surface area (Å²) in [6.45, 7) is 9.78. The van der Waals surface area contributed by atoms with Crippen molar-refractivity contribution in [2.24, 2.45) is 0 Å². The van der Waals surface area contributed by atoms with Gasteiger partial charge in [-0.2, -0.15) is 0 Å². The molecule has 21 heavy (non-hydrogen) atoms. The van der Waals surface area contributed by atoms with Gasteiger partial charge in [-0.1, -0.05) is 20.8 Å². The molecule has 0 heterocycles. The average molecular weight is 310 g/mol. The second kappa shape index (κ2) is 13.8. The van der Waals surface area contributed by atoms with E-state index in [1.54, 1.807) is 0 Å². The fourth-order valence-electron chi connectivity index (χ4n) is 1.46. The monoisotopic (exact) mass is 310 g/mol. The van der Waals surface area contributed by atoms with Crippen LogP contribution in [-0.4, -0.2) is 63.8 Å². The average Bonchev–Trinajstić information content (AvgIpc) is 2.45. The first-order chi connectivity index (χ1) is 10.1. The zero-order valence-electron chi connectivity index (χ0n) is 13.5. The maximum Gasteiger partial charge on any atom is 0.234 e. The van der Waals surface area contributed by atoms with Crippen molar-refractivity contribution >= 4 is 11.8 Å². The van der Waals surface area contributed by atoms with E-state index in [9.17, 15) is 9.59 Å². The van der Waals surface area contributed by atoms with E-state index in [2.05, 4.69) is 35.1 Å². The molecule has 0 rings (SSSR count). The lowest BCUT2D eigenvalue weighted by Crippen LogP contribution is -2.39. The fraction of sp³-hybridized carbons (Fsp3) is 0.857. The van der Waals surface area contributed by atoms with Crippen molar-refractivity contribution in [2.45, 2.75) is 33.2 Å². The Morgan fingerprint density at radius 3 is 2.33 bits per heavy atom. The van der Waals surface area contributed by atoms with Gasteiger partial charge in [-0.25, -0.2) is 0 Å². The van der Waals surface area contributed by atoms with Gasteiger partial charge < -0.3 is 26.0 Å². The highest BCUT2D eigenvalue weighted by atomic mass is 16.5. The summed E-state index contributed by atoms with van der Waals surface area (Å²) in [6.07, 6.45) is 0.489. The Balaban J connectivity index is -0.000000333. The van der Waals surface area contributed by atoms with Crippen molar-refractivity contribution in [3.63, 3.8) is 0 Å². The molecule has 0 unspecified atom stereocenters. The van der Waals surface area contributed by atoms with Crippen LogP contribution < -0.4 is 21.3 Å². The second-order valence-electron chi connectivity index (χ2n) is 4.95. The predicted molar refractivity (Wildman–Crippen MR) is 91.6 cm³/mol. The molecule has 0 bridgehead atoms. The van der Waals surface area contributed by atoms with E-state index < -0.39 is 0 Å². The van der Waals surface area contributed by atoms with E-state index in [1.165, 1.54) is 0 Å². The number of ether oxygens (including phenoxy) is 1. The molecule has 0 atom stereocenters. The van der Waals surface area contributed by atoms with Crippen molar-refractivity contribution in [1.29, 1.82) is 0 Å². The van der Waals surface area contributed by atoms with Gasteiger partial charge in [0.15, 0.2) is 0 Å². The number of carbonyl (C=O) groups is 2. The van der Waals surface area contributed by atoms with Crippen molar-refractivity contribution in [2.75, 3.05) is 45.9 Å². The minimum Gasteiger partial charge on any atom is -0.378 e. The Bertz CT molecular complexity index is 301. The summed E-state index contributed by atoms with van der Waals surface area (Å²) in [4.78, 5) is 22.4. The third kappa shape index (κ3) is 15.0. The Labute approximate surface area is 133 Å². The van der Waals surface area contributed by atoms with Crippen LogP contribution in [0.15, 0.2) is 0 Å². The minimum atomic E-state index is -0.0178. The summed E-state index contributed by atoms with van der Waals surface area (Å²) < 4.78 is 5.32. The zero-order valence-corrected chi connectivity index (χ0v) is 13.5. The van der Waals surface area contributed by atoms with Crippen LogP contribution in [0.2, 0.25) is 0 Å². The van der Waals surface area contributed by atoms with E-state index in [1.807, 2.05) is 6.92 Å². The predicted octanol–water partition coefficient (Wildman–Crippen LogP) is 0.217. The Hall–Kier alpha value is -1.18. The van der Waals surface area contributed by atoms with Crippen molar-refractivity contribution < 1.29 is 20.0 Å². The van der Waals surface area contributed by atoms with Crippen molar-refractivity contribution in [1.82, 2.24) is 21.3 Å². The van der Waals surface area contributed by atoms with Crippen LogP contribution in [0.25, 0.3) is 0 Å². The van der Waals surface area contributed by atoms with Gasteiger partial charge in [0, 0.05) is 44.3 Å². The highest BCUT2D eigenvalue weighted by Gasteiger charge is 2.00. The summed E-state index contributed by atoms with van der Waals surface area (Å²) in [5, 5.41) is 11.8. The smallest absolute Gasteiger partial charge is 0.234 e. The molecule has 0 saturated heterocycles. The van der Waals surface area contributed by atoms with E-state index in [-0.39, 0.29) is 24.1 Å². The second-order valence-corrected chi connectivity index (χ2v) is 4.95. The Morgan fingerprint density at radius 1 is 1.00 bits per heavy atom. The zero-order chi connectivity index (χ0) is 15.9. The fourth-order valence-corrected chi connectivity index (χ4v) is 1.46. The number of nitrogens with one attached hydrogen (secondary N) is 4. The molecule has 132 valence electrons. The van der Waals surface area contributed by atoms with Gasteiger partial charge in [-0.05, 0) is 0 Å². The molecule has 0 aromatic carbocycles. The molecule has 0 fully saturated rings. The molecule has 0 spiro atoms. The van der Waals surface area contributed by atoms with Crippen LogP contribution >= 0.6 is 0 Å². The molecular weight excluding hydrogens is 272 g/mol. The molecule has 4 N–H and O–H groups in total. The summed E-state index contributed by atoms with van der Waals surface area (Å²) >= 11 is 0. The maximum atomic E-state index is 11.4. The number of hydrogen-bond acceptors (Lipinski definition) is 5. The SMILES string of the molecule is CCC(=O)NCCOCCNCC(=O)NCCNC(C)C.[HH].[HH].[HH].[HH]. The highest BCUT2D eigenvalue weighted by Crippen LogP contribution is 1.77. The quantitative estimate of drug-likeness (QED) is 0.365. The van der Waals surface area contributed by atoms with Crippen molar-refractivity contribution in [3.05, 3.63) is 0 Å². The molecular formula is C14H38N4O3. The molecule has 0 aromatic rings. The summed E-state index contributed by atoms with van der Waals surface area (Å²) in [5.74, 6) is 0.0103. The number of carbonyl (C=O) groups excluding carboxylic acids is 2. The summed E-state index contributed by atoms with van der Waals surface area (Å²) in [6, 6.07) is 0.430. The van der Waals surface area contributed by atoms with Crippen LogP contribution in [0.5, 0.6) is 0 Å². The first kappa shape index (κ1) is 19.8. The van der Waals surface area contributed by atoms with Gasteiger partial charge in [0.05, 0.1) is 19.8 Å². The molecule has 0 saturated carbocycles. The maximum absolute atomic E-state index is 11.4. The standard InChI is InChI=1S/C14H30N4O3.4H2/c1-4-13(19)18-8-10-21-9-7-15-11-14(20)17-6-5-16-12(2)3;;;;/h12,15-16H,4-11H2,1-3H3,(H,17,20)(H,18,19);4*1H. The number of amides is 2. The molecule has 0 aliphatic carbocycles. The van der Waals surface area contributed by atoms with Crippen LogP contribution in [-0.2, 0) is 14.3 Å². The highest BCUT2D eigenvalue weighted by molar-refractivity contribution is 5.77. The van der Waals surface area contributed by atoms with Gasteiger partial charge in [0.1, 0.15) is 0 Å². The molecule has 0 aliphatic heterocycles. The van der Waals surface area contributed by atoms with E-state index in [0.29, 0.717) is 45.3 Å². The Kier molecular flexibility index (Phi) is 13.0. The third-order valence-corrected chi connectivity index (χ3v) is 2.60. The van der Waals surface area contributed by atoms with Crippen LogP contribution in [0, 0.1) is 0 Å². The van der Waals surface area contributed by atoms with Crippen LogP contribution in [0.4, 0.5) is 0 Å². The van der Waals surface area contributed by atoms with Gasteiger partial charge >= 0.3 is 0 Å².